The first-order valence-electron chi connectivity index (χ1n) is 6.14. The molecule has 0 spiro atoms. The second-order valence-electron chi connectivity index (χ2n) is 5.72. The van der Waals surface area contributed by atoms with Crippen molar-refractivity contribution >= 4 is 6.09 Å². The molecule has 1 fully saturated rings. The Hall–Kier alpha value is -0.990. The Morgan fingerprint density at radius 1 is 1.19 bits per heavy atom. The summed E-state index contributed by atoms with van der Waals surface area (Å²) in [7, 11) is 0. The third-order valence-electron chi connectivity index (χ3n) is 3.21. The van der Waals surface area contributed by atoms with Crippen LogP contribution in [0.15, 0.2) is 12.2 Å². The lowest BCUT2D eigenvalue weighted by atomic mass is 10.1. The monoisotopic (exact) mass is 223 g/mol. The molecule has 90 valence electrons. The van der Waals surface area contributed by atoms with Gasteiger partial charge in [-0.1, -0.05) is 12.2 Å². The Kier molecular flexibility index (Phi) is 2.96. The van der Waals surface area contributed by atoms with Crippen LogP contribution in [0.2, 0.25) is 0 Å². The minimum Gasteiger partial charge on any atom is -0.444 e. The van der Waals surface area contributed by atoms with E-state index in [9.17, 15) is 4.79 Å². The molecule has 16 heavy (non-hydrogen) atoms. The molecule has 0 aromatic rings. The van der Waals surface area contributed by atoms with E-state index >= 15 is 0 Å². The van der Waals surface area contributed by atoms with Crippen molar-refractivity contribution in [3.63, 3.8) is 0 Å². The maximum absolute atomic E-state index is 12.1. The summed E-state index contributed by atoms with van der Waals surface area (Å²) in [5, 5.41) is 0. The lowest BCUT2D eigenvalue weighted by Gasteiger charge is -2.31. The SMILES string of the molecule is CC(C)(C)OC(=O)N1C2CC=CCC1CC2. The van der Waals surface area contributed by atoms with Gasteiger partial charge in [0.25, 0.3) is 0 Å². The molecule has 0 aliphatic carbocycles. The van der Waals surface area contributed by atoms with Gasteiger partial charge in [0, 0.05) is 12.1 Å². The fraction of sp³-hybridized carbons (Fsp3) is 0.769. The summed E-state index contributed by atoms with van der Waals surface area (Å²) in [6.07, 6.45) is 8.46. The van der Waals surface area contributed by atoms with E-state index in [1.54, 1.807) is 0 Å². The second kappa shape index (κ2) is 4.11. The fourth-order valence-corrected chi connectivity index (χ4v) is 2.54. The van der Waals surface area contributed by atoms with Crippen LogP contribution < -0.4 is 0 Å². The van der Waals surface area contributed by atoms with Gasteiger partial charge in [-0.05, 0) is 46.5 Å². The summed E-state index contributed by atoms with van der Waals surface area (Å²) >= 11 is 0. The van der Waals surface area contributed by atoms with E-state index in [0.29, 0.717) is 12.1 Å². The molecule has 1 saturated heterocycles. The predicted octanol–water partition coefficient (Wildman–Crippen LogP) is 3.10. The topological polar surface area (TPSA) is 29.5 Å². The highest BCUT2D eigenvalue weighted by atomic mass is 16.6. The van der Waals surface area contributed by atoms with Crippen LogP contribution in [0.5, 0.6) is 0 Å². The Labute approximate surface area is 97.5 Å². The first-order valence-corrected chi connectivity index (χ1v) is 6.14. The van der Waals surface area contributed by atoms with Crippen molar-refractivity contribution in [1.82, 2.24) is 4.90 Å². The predicted molar refractivity (Wildman–Crippen MR) is 63.3 cm³/mol. The standard InChI is InChI=1S/C13H21NO2/c1-13(2,3)16-12(15)14-10-6-4-5-7-11(14)9-8-10/h4-5,10-11H,6-9H2,1-3H3. The summed E-state index contributed by atoms with van der Waals surface area (Å²) in [6, 6.07) is 0.720. The van der Waals surface area contributed by atoms with Crippen molar-refractivity contribution in [2.45, 2.75) is 64.1 Å². The van der Waals surface area contributed by atoms with Crippen molar-refractivity contribution < 1.29 is 9.53 Å². The lowest BCUT2D eigenvalue weighted by Crippen LogP contribution is -2.43. The van der Waals surface area contributed by atoms with Gasteiger partial charge < -0.3 is 9.64 Å². The molecular formula is C13H21NO2. The van der Waals surface area contributed by atoms with Crippen LogP contribution in [0.25, 0.3) is 0 Å². The number of amides is 1. The van der Waals surface area contributed by atoms with E-state index in [-0.39, 0.29) is 6.09 Å². The van der Waals surface area contributed by atoms with E-state index in [0.717, 1.165) is 25.7 Å². The molecule has 2 unspecified atom stereocenters. The van der Waals surface area contributed by atoms with E-state index in [1.165, 1.54) is 0 Å². The number of carbonyl (C=O) groups is 1. The molecule has 0 saturated carbocycles. The van der Waals surface area contributed by atoms with Gasteiger partial charge in [0.15, 0.2) is 0 Å². The summed E-state index contributed by atoms with van der Waals surface area (Å²) in [5.41, 5.74) is -0.393. The van der Waals surface area contributed by atoms with Gasteiger partial charge in [0.2, 0.25) is 0 Å². The first-order chi connectivity index (χ1) is 7.47. The number of fused-ring (bicyclic) bond motifs is 2. The van der Waals surface area contributed by atoms with Gasteiger partial charge in [-0.25, -0.2) is 4.79 Å². The van der Waals surface area contributed by atoms with Crippen LogP contribution in [0.1, 0.15) is 46.5 Å². The molecule has 2 atom stereocenters. The minimum absolute atomic E-state index is 0.135. The van der Waals surface area contributed by atoms with E-state index < -0.39 is 5.60 Å². The Morgan fingerprint density at radius 3 is 2.12 bits per heavy atom. The Bertz CT molecular complexity index is 288. The number of nitrogens with zero attached hydrogens (tertiary/aromatic N) is 1. The zero-order chi connectivity index (χ0) is 11.8. The number of hydrogen-bond donors (Lipinski definition) is 0. The zero-order valence-corrected chi connectivity index (χ0v) is 10.4. The molecule has 0 N–H and O–H groups in total. The van der Waals surface area contributed by atoms with Gasteiger partial charge in [0.1, 0.15) is 5.60 Å². The summed E-state index contributed by atoms with van der Waals surface area (Å²) in [6.45, 7) is 5.76. The number of rotatable bonds is 0. The molecule has 3 heteroatoms. The highest BCUT2D eigenvalue weighted by Crippen LogP contribution is 2.32. The maximum Gasteiger partial charge on any atom is 0.410 e. The molecule has 0 aromatic carbocycles. The van der Waals surface area contributed by atoms with E-state index in [2.05, 4.69) is 12.2 Å². The van der Waals surface area contributed by atoms with Crippen molar-refractivity contribution in [2.24, 2.45) is 0 Å². The molecular weight excluding hydrogens is 202 g/mol. The molecule has 0 radical (unpaired) electrons. The quantitative estimate of drug-likeness (QED) is 0.590. The molecule has 2 aliphatic rings. The highest BCUT2D eigenvalue weighted by Gasteiger charge is 2.38. The van der Waals surface area contributed by atoms with Gasteiger partial charge in [-0.15, -0.1) is 0 Å². The number of ether oxygens (including phenoxy) is 1. The molecule has 1 amide bonds. The summed E-state index contributed by atoms with van der Waals surface area (Å²) < 4.78 is 5.47. The smallest absolute Gasteiger partial charge is 0.410 e. The number of hydrogen-bond acceptors (Lipinski definition) is 2. The van der Waals surface area contributed by atoms with Crippen molar-refractivity contribution in [3.05, 3.63) is 12.2 Å². The fourth-order valence-electron chi connectivity index (χ4n) is 2.54. The highest BCUT2D eigenvalue weighted by molar-refractivity contribution is 5.69. The third-order valence-corrected chi connectivity index (χ3v) is 3.21. The average molecular weight is 223 g/mol. The zero-order valence-electron chi connectivity index (χ0n) is 10.4. The van der Waals surface area contributed by atoms with Crippen LogP contribution in [-0.4, -0.2) is 28.7 Å². The molecule has 2 aliphatic heterocycles. The first kappa shape index (κ1) is 11.5. The lowest BCUT2D eigenvalue weighted by molar-refractivity contribution is 0.0156. The van der Waals surface area contributed by atoms with Gasteiger partial charge in [-0.2, -0.15) is 0 Å². The largest absolute Gasteiger partial charge is 0.444 e. The van der Waals surface area contributed by atoms with Crippen LogP contribution in [0.4, 0.5) is 4.79 Å². The molecule has 2 bridgehead atoms. The molecule has 2 rings (SSSR count). The molecule has 3 nitrogen and oxygen atoms in total. The Morgan fingerprint density at radius 2 is 1.69 bits per heavy atom. The molecule has 2 heterocycles. The average Bonchev–Trinajstić information content (AvgIpc) is 2.36. The maximum atomic E-state index is 12.1. The van der Waals surface area contributed by atoms with Gasteiger partial charge in [-0.3, -0.25) is 0 Å². The number of carbonyl (C=O) groups excluding carboxylic acids is 1. The Balaban J connectivity index is 2.07. The van der Waals surface area contributed by atoms with Crippen LogP contribution in [0, 0.1) is 0 Å². The van der Waals surface area contributed by atoms with Crippen molar-refractivity contribution in [3.8, 4) is 0 Å². The van der Waals surface area contributed by atoms with Crippen molar-refractivity contribution in [1.29, 1.82) is 0 Å². The third kappa shape index (κ3) is 2.39. The summed E-state index contributed by atoms with van der Waals surface area (Å²) in [5.74, 6) is 0. The summed E-state index contributed by atoms with van der Waals surface area (Å²) in [4.78, 5) is 14.1. The van der Waals surface area contributed by atoms with E-state index in [1.807, 2.05) is 25.7 Å². The van der Waals surface area contributed by atoms with E-state index in [4.69, 9.17) is 4.74 Å². The van der Waals surface area contributed by atoms with Crippen LogP contribution >= 0.6 is 0 Å². The van der Waals surface area contributed by atoms with Gasteiger partial charge >= 0.3 is 6.09 Å². The van der Waals surface area contributed by atoms with Gasteiger partial charge in [0.05, 0.1) is 0 Å². The second-order valence-corrected chi connectivity index (χ2v) is 5.72. The van der Waals surface area contributed by atoms with Crippen LogP contribution in [-0.2, 0) is 4.74 Å². The van der Waals surface area contributed by atoms with Crippen LogP contribution in [0.3, 0.4) is 0 Å². The minimum atomic E-state index is -0.393. The molecule has 0 aromatic heterocycles. The van der Waals surface area contributed by atoms with Crippen molar-refractivity contribution in [2.75, 3.05) is 0 Å². The normalized spacial score (nSPS) is 29.1.